The van der Waals surface area contributed by atoms with E-state index in [0.717, 1.165) is 63.5 Å². The van der Waals surface area contributed by atoms with Gasteiger partial charge >= 0.3 is 11.8 Å². The number of rotatable bonds is 17. The average molecular weight is 539 g/mol. The maximum atomic E-state index is 12.7. The Bertz CT molecular complexity index is 1130. The highest BCUT2D eigenvalue weighted by molar-refractivity contribution is 7.98. The number of fused-ring (bicyclic) bond motifs is 1. The molecule has 11 nitrogen and oxygen atoms in total. The number of ether oxygens (including phenoxy) is 1. The molecule has 2 aromatic rings. The molecule has 0 aliphatic rings. The van der Waals surface area contributed by atoms with E-state index >= 15 is 0 Å². The van der Waals surface area contributed by atoms with Crippen molar-refractivity contribution in [3.63, 3.8) is 0 Å². The van der Waals surface area contributed by atoms with E-state index in [9.17, 15) is 19.2 Å². The number of carbonyl (C=O) groups is 2. The summed E-state index contributed by atoms with van der Waals surface area (Å²) in [5.74, 6) is 0.611. The summed E-state index contributed by atoms with van der Waals surface area (Å²) in [5, 5.41) is 5.50. The van der Waals surface area contributed by atoms with Gasteiger partial charge in [-0.15, -0.1) is 0 Å². The number of aromatic nitrogens is 4. The fraction of sp³-hybridized carbons (Fsp3) is 0.720. The fourth-order valence-electron chi connectivity index (χ4n) is 4.27. The topological polar surface area (TPSA) is 129 Å². The van der Waals surface area contributed by atoms with Gasteiger partial charge in [0.15, 0.2) is 11.2 Å². The van der Waals surface area contributed by atoms with Gasteiger partial charge in [-0.1, -0.05) is 44.9 Å². The molecule has 0 fully saturated rings. The van der Waals surface area contributed by atoms with Crippen LogP contribution in [0.3, 0.4) is 0 Å². The maximum absolute atomic E-state index is 12.7. The Morgan fingerprint density at radius 2 is 1.65 bits per heavy atom. The van der Waals surface area contributed by atoms with E-state index < -0.39 is 12.1 Å². The van der Waals surface area contributed by atoms with Crippen molar-refractivity contribution >= 4 is 34.9 Å². The van der Waals surface area contributed by atoms with Gasteiger partial charge in [0.2, 0.25) is 5.91 Å². The molecular formula is C25H42N6O5S. The highest BCUT2D eigenvalue weighted by Crippen LogP contribution is 2.10. The summed E-state index contributed by atoms with van der Waals surface area (Å²) >= 11 is 1.63. The largest absolute Gasteiger partial charge is 0.453 e. The first-order valence-electron chi connectivity index (χ1n) is 13.0. The second-order valence-corrected chi connectivity index (χ2v) is 10.3. The SMILES string of the molecule is COC(=O)NC(CCSC)C(=O)NCCCCCCCCCCCn1c(=O)c2c(ncn2C)n(C)c1=O. The standard InChI is InChI=1S/C25H42N6O5S/c1-29-18-27-21-20(29)23(33)31(25(35)30(21)2)16-13-11-9-7-5-6-8-10-12-15-26-22(32)19(14-17-37-4)28-24(34)36-3/h18-19H,5-17H2,1-4H3,(H,26,32)(H,28,34). The molecule has 0 bridgehead atoms. The second kappa shape index (κ2) is 16.2. The number of amides is 2. The molecule has 0 radical (unpaired) electrons. The molecule has 1 unspecified atom stereocenters. The molecule has 37 heavy (non-hydrogen) atoms. The van der Waals surface area contributed by atoms with Gasteiger partial charge < -0.3 is 19.9 Å². The van der Waals surface area contributed by atoms with Crippen LogP contribution >= 0.6 is 11.8 Å². The predicted octanol–water partition coefficient (Wildman–Crippen LogP) is 2.54. The molecule has 208 valence electrons. The fourth-order valence-corrected chi connectivity index (χ4v) is 4.74. The van der Waals surface area contributed by atoms with Gasteiger partial charge in [0.05, 0.1) is 13.4 Å². The van der Waals surface area contributed by atoms with E-state index in [1.165, 1.54) is 16.2 Å². The highest BCUT2D eigenvalue weighted by atomic mass is 32.2. The van der Waals surface area contributed by atoms with Crippen LogP contribution in [0.2, 0.25) is 0 Å². The van der Waals surface area contributed by atoms with E-state index in [4.69, 9.17) is 0 Å². The van der Waals surface area contributed by atoms with E-state index in [-0.39, 0.29) is 17.2 Å². The number of methoxy groups -OCH3 is 1. The zero-order valence-corrected chi connectivity index (χ0v) is 23.4. The molecule has 0 saturated carbocycles. The molecule has 12 heteroatoms. The van der Waals surface area contributed by atoms with Crippen molar-refractivity contribution in [3.8, 4) is 0 Å². The van der Waals surface area contributed by atoms with E-state index in [1.807, 2.05) is 6.26 Å². The van der Waals surface area contributed by atoms with Gasteiger partial charge in [-0.05, 0) is 31.3 Å². The van der Waals surface area contributed by atoms with E-state index in [2.05, 4.69) is 20.4 Å². The summed E-state index contributed by atoms with van der Waals surface area (Å²) in [4.78, 5) is 53.2. The summed E-state index contributed by atoms with van der Waals surface area (Å²) in [6.45, 7) is 1.02. The van der Waals surface area contributed by atoms with Crippen LogP contribution in [0.15, 0.2) is 15.9 Å². The van der Waals surface area contributed by atoms with Crippen LogP contribution < -0.4 is 21.9 Å². The summed E-state index contributed by atoms with van der Waals surface area (Å²) in [5.41, 5.74) is 0.282. The molecule has 1 atom stereocenters. The number of thioether (sulfide) groups is 1. The van der Waals surface area contributed by atoms with Gasteiger partial charge in [0.1, 0.15) is 6.04 Å². The smallest absolute Gasteiger partial charge is 0.407 e. The summed E-state index contributed by atoms with van der Waals surface area (Å²) < 4.78 is 9.02. The molecule has 2 heterocycles. The number of unbranched alkanes of at least 4 members (excludes halogenated alkanes) is 8. The monoisotopic (exact) mass is 538 g/mol. The van der Waals surface area contributed by atoms with Crippen molar-refractivity contribution < 1.29 is 14.3 Å². The third-order valence-electron chi connectivity index (χ3n) is 6.46. The van der Waals surface area contributed by atoms with Crippen molar-refractivity contribution in [1.82, 2.24) is 29.3 Å². The summed E-state index contributed by atoms with van der Waals surface area (Å²) in [6, 6.07) is -0.570. The zero-order valence-electron chi connectivity index (χ0n) is 22.6. The summed E-state index contributed by atoms with van der Waals surface area (Å²) in [7, 11) is 4.69. The molecule has 2 aromatic heterocycles. The minimum absolute atomic E-state index is 0.167. The molecule has 2 amide bonds. The predicted molar refractivity (Wildman–Crippen MR) is 147 cm³/mol. The van der Waals surface area contributed by atoms with Crippen LogP contribution in [0.4, 0.5) is 4.79 Å². The van der Waals surface area contributed by atoms with Crippen LogP contribution in [0.25, 0.3) is 11.2 Å². The number of hydrogen-bond donors (Lipinski definition) is 2. The van der Waals surface area contributed by atoms with Crippen molar-refractivity contribution in [3.05, 3.63) is 27.2 Å². The molecule has 0 saturated heterocycles. The lowest BCUT2D eigenvalue weighted by Gasteiger charge is -2.17. The molecule has 0 aromatic carbocycles. The van der Waals surface area contributed by atoms with Crippen LogP contribution in [-0.2, 0) is 30.2 Å². The van der Waals surface area contributed by atoms with Crippen LogP contribution in [0, 0.1) is 0 Å². The molecular weight excluding hydrogens is 496 g/mol. The third kappa shape index (κ3) is 9.24. The molecule has 2 rings (SSSR count). The first-order chi connectivity index (χ1) is 17.8. The van der Waals surface area contributed by atoms with Crippen molar-refractivity contribution in [2.24, 2.45) is 14.1 Å². The van der Waals surface area contributed by atoms with Crippen molar-refractivity contribution in [2.75, 3.05) is 25.7 Å². The van der Waals surface area contributed by atoms with Gasteiger partial charge in [0.25, 0.3) is 5.56 Å². The van der Waals surface area contributed by atoms with Gasteiger partial charge in [-0.25, -0.2) is 14.6 Å². The normalized spacial score (nSPS) is 12.0. The molecule has 0 spiro atoms. The Hall–Kier alpha value is -2.76. The number of alkyl carbamates (subject to hydrolysis) is 1. The Morgan fingerprint density at radius 3 is 2.27 bits per heavy atom. The number of imidazole rings is 1. The first-order valence-corrected chi connectivity index (χ1v) is 14.4. The third-order valence-corrected chi connectivity index (χ3v) is 7.11. The van der Waals surface area contributed by atoms with Crippen LogP contribution in [-0.4, -0.2) is 62.4 Å². The van der Waals surface area contributed by atoms with E-state index in [1.54, 1.807) is 36.8 Å². The lowest BCUT2D eigenvalue weighted by atomic mass is 10.1. The molecule has 2 N–H and O–H groups in total. The van der Waals surface area contributed by atoms with Crippen LogP contribution in [0.5, 0.6) is 0 Å². The number of nitrogens with zero attached hydrogens (tertiary/aromatic N) is 4. The summed E-state index contributed by atoms with van der Waals surface area (Å²) in [6.07, 6.45) is 12.8. The average Bonchev–Trinajstić information content (AvgIpc) is 3.28. The number of carbonyl (C=O) groups excluding carboxylic acids is 2. The van der Waals surface area contributed by atoms with Crippen molar-refractivity contribution in [1.29, 1.82) is 0 Å². The number of hydrogen-bond acceptors (Lipinski definition) is 7. The highest BCUT2D eigenvalue weighted by Gasteiger charge is 2.20. The van der Waals surface area contributed by atoms with Gasteiger partial charge in [0, 0.05) is 27.2 Å². The maximum Gasteiger partial charge on any atom is 0.407 e. The lowest BCUT2D eigenvalue weighted by Crippen LogP contribution is -2.47. The second-order valence-electron chi connectivity index (χ2n) is 9.27. The zero-order chi connectivity index (χ0) is 27.2. The van der Waals surface area contributed by atoms with Gasteiger partial charge in [-0.2, -0.15) is 11.8 Å². The minimum atomic E-state index is -0.592. The Morgan fingerprint density at radius 1 is 1.03 bits per heavy atom. The van der Waals surface area contributed by atoms with Crippen molar-refractivity contribution in [2.45, 2.75) is 76.8 Å². The Labute approximate surface area is 222 Å². The quantitative estimate of drug-likeness (QED) is 0.296. The van der Waals surface area contributed by atoms with Gasteiger partial charge in [-0.3, -0.25) is 18.7 Å². The number of nitrogens with one attached hydrogen (secondary N) is 2. The number of aryl methyl sites for hydroxylation is 2. The lowest BCUT2D eigenvalue weighted by molar-refractivity contribution is -0.123. The minimum Gasteiger partial charge on any atom is -0.453 e. The Balaban J connectivity index is 1.55. The molecule has 0 aliphatic carbocycles. The molecule has 0 aliphatic heterocycles. The van der Waals surface area contributed by atoms with Crippen LogP contribution in [0.1, 0.15) is 64.2 Å². The van der Waals surface area contributed by atoms with E-state index in [0.29, 0.717) is 30.7 Å². The first kappa shape index (κ1) is 30.5. The Kier molecular flexibility index (Phi) is 13.3.